The van der Waals surface area contributed by atoms with Crippen molar-refractivity contribution >= 4 is 29.1 Å². The standard InChI is InChI=1S/3ClH.Fe.Ru/h3*1H;;/q;;;;+3/p-3. The predicted molar refractivity (Wildman–Crippen MR) is 17.6 cm³/mol. The minimum absolute atomic E-state index is 0. The fraction of sp³-hybridized carbons (Fsp3) is 0. The molecule has 0 aromatic carbocycles. The fourth-order valence-electron chi connectivity index (χ4n) is 0. The Bertz CT molecular complexity index is 11.6. The largest absolute Gasteiger partial charge is 0 e. The first-order valence-electron chi connectivity index (χ1n) is 0.401. The van der Waals surface area contributed by atoms with Crippen molar-refractivity contribution in [1.29, 1.82) is 0 Å². The van der Waals surface area contributed by atoms with Crippen LogP contribution in [0.3, 0.4) is 0 Å². The van der Waals surface area contributed by atoms with Gasteiger partial charge in [-0.1, -0.05) is 0 Å². The second-order valence-electron chi connectivity index (χ2n) is 0.152. The van der Waals surface area contributed by atoms with Crippen molar-refractivity contribution in [1.82, 2.24) is 0 Å². The van der Waals surface area contributed by atoms with Gasteiger partial charge in [-0.25, -0.2) is 0 Å². The zero-order valence-electron chi connectivity index (χ0n) is 1.84. The van der Waals surface area contributed by atoms with Crippen molar-refractivity contribution in [2.75, 3.05) is 0 Å². The van der Waals surface area contributed by atoms with Gasteiger partial charge in [0.15, 0.2) is 0 Å². The molecule has 0 rings (SSSR count). The molecule has 0 saturated carbocycles. The van der Waals surface area contributed by atoms with Crippen LogP contribution in [0.4, 0.5) is 0 Å². The smallest absolute Gasteiger partial charge is 0 e. The molecule has 5 heteroatoms. The van der Waals surface area contributed by atoms with E-state index in [2.05, 4.69) is 0 Å². The first-order chi connectivity index (χ1) is 1.73. The second kappa shape index (κ2) is 6.01. The van der Waals surface area contributed by atoms with Gasteiger partial charge < -0.3 is 0 Å². The zero-order chi connectivity index (χ0) is 3.58. The monoisotopic (exact) mass is 263 g/mol. The molecule has 0 unspecified atom stereocenters. The summed E-state index contributed by atoms with van der Waals surface area (Å²) in [5.41, 5.74) is 0. The Morgan fingerprint density at radius 2 is 1.00 bits per heavy atom. The maximum absolute atomic E-state index is 4.95. The van der Waals surface area contributed by atoms with E-state index in [1.807, 2.05) is 0 Å². The topological polar surface area (TPSA) is 0 Å². The van der Waals surface area contributed by atoms with Crippen LogP contribution in [0, 0.1) is 0 Å². The molecule has 0 aromatic rings. The Balaban J connectivity index is 0. The summed E-state index contributed by atoms with van der Waals surface area (Å²) in [5, 5.41) is 0. The summed E-state index contributed by atoms with van der Waals surface area (Å²) in [7, 11) is 14.8. The van der Waals surface area contributed by atoms with Crippen molar-refractivity contribution in [2.24, 2.45) is 0 Å². The summed E-state index contributed by atoms with van der Waals surface area (Å²) >= 11 is -1.75. The van der Waals surface area contributed by atoms with E-state index in [0.29, 0.717) is 0 Å². The third-order valence-electron chi connectivity index (χ3n) is 0. The Morgan fingerprint density at radius 3 is 1.00 bits per heavy atom. The van der Waals surface area contributed by atoms with Gasteiger partial charge in [-0.2, -0.15) is 0 Å². The molecular weight excluding hydrogens is 263 g/mol. The molecule has 0 N–H and O–H groups in total. The van der Waals surface area contributed by atoms with Crippen LogP contribution >= 0.6 is 29.1 Å². The van der Waals surface area contributed by atoms with Crippen LogP contribution in [0.5, 0.6) is 0 Å². The minimum Gasteiger partial charge on any atom is 0 e. The maximum atomic E-state index is 4.95. The molecule has 5 heavy (non-hydrogen) atoms. The molecule has 0 aliphatic carbocycles. The summed E-state index contributed by atoms with van der Waals surface area (Å²) in [6.45, 7) is 0. The van der Waals surface area contributed by atoms with E-state index >= 15 is 0 Å². The van der Waals surface area contributed by atoms with Crippen molar-refractivity contribution in [2.45, 2.75) is 0 Å². The molecule has 0 saturated heterocycles. The maximum Gasteiger partial charge on any atom is 0 e. The number of hydrogen-bond acceptors (Lipinski definition) is 0. The van der Waals surface area contributed by atoms with Gasteiger partial charge in [-0.15, -0.1) is 0 Å². The molecule has 0 fully saturated rings. The molecule has 0 heterocycles. The van der Waals surface area contributed by atoms with Crippen LogP contribution in [0.2, 0.25) is 0 Å². The van der Waals surface area contributed by atoms with Crippen LogP contribution in [0.15, 0.2) is 0 Å². The Hall–Kier alpha value is 2.01. The normalized spacial score (nSPS) is 9.00. The van der Waals surface area contributed by atoms with Gasteiger partial charge in [0.25, 0.3) is 0 Å². The van der Waals surface area contributed by atoms with E-state index in [4.69, 9.17) is 29.1 Å². The average Bonchev–Trinajstić information content (AvgIpc) is 0.811. The molecular formula is Cl3FeRu. The average molecular weight is 263 g/mol. The van der Waals surface area contributed by atoms with Crippen molar-refractivity contribution < 1.29 is 30.0 Å². The van der Waals surface area contributed by atoms with Crippen molar-refractivity contribution in [3.05, 3.63) is 0 Å². The van der Waals surface area contributed by atoms with Gasteiger partial charge in [-0.05, 0) is 0 Å². The Labute approximate surface area is 58.7 Å². The first-order valence-corrected chi connectivity index (χ1v) is 7.12. The third kappa shape index (κ3) is 23.9. The quantitative estimate of drug-likeness (QED) is 0.587. The van der Waals surface area contributed by atoms with Crippen LogP contribution in [-0.2, 0) is 30.0 Å². The number of halogens is 3. The molecule has 0 radical (unpaired) electrons. The molecule has 0 amide bonds. The molecule has 0 aromatic heterocycles. The van der Waals surface area contributed by atoms with Crippen molar-refractivity contribution in [3.8, 4) is 0 Å². The molecule has 0 nitrogen and oxygen atoms in total. The van der Waals surface area contributed by atoms with E-state index in [1.54, 1.807) is 0 Å². The van der Waals surface area contributed by atoms with Gasteiger partial charge in [0.2, 0.25) is 0 Å². The van der Waals surface area contributed by atoms with Gasteiger partial charge in [0, 0.05) is 17.1 Å². The van der Waals surface area contributed by atoms with Gasteiger partial charge in [-0.3, -0.25) is 0 Å². The van der Waals surface area contributed by atoms with Crippen LogP contribution in [-0.4, -0.2) is 0 Å². The summed E-state index contributed by atoms with van der Waals surface area (Å²) in [6, 6.07) is 0. The molecule has 0 atom stereocenters. The Morgan fingerprint density at radius 1 is 1.00 bits per heavy atom. The summed E-state index contributed by atoms with van der Waals surface area (Å²) < 4.78 is 0. The van der Waals surface area contributed by atoms with E-state index in [1.165, 1.54) is 0 Å². The van der Waals surface area contributed by atoms with Crippen LogP contribution in [0.1, 0.15) is 0 Å². The summed E-state index contributed by atoms with van der Waals surface area (Å²) in [6.07, 6.45) is 0. The zero-order valence-corrected chi connectivity index (χ0v) is 6.95. The molecule has 0 aliphatic rings. The van der Waals surface area contributed by atoms with Gasteiger partial charge >= 0.3 is 42.1 Å². The first kappa shape index (κ1) is 10.1. The number of rotatable bonds is 0. The third-order valence-corrected chi connectivity index (χ3v) is 0. The summed E-state index contributed by atoms with van der Waals surface area (Å²) in [5.74, 6) is 0. The Kier molecular flexibility index (Phi) is 12.1. The SMILES string of the molecule is [Cl][Ru]([Cl])[Cl].[Fe]. The summed E-state index contributed by atoms with van der Waals surface area (Å²) in [4.78, 5) is 0. The van der Waals surface area contributed by atoms with Crippen LogP contribution < -0.4 is 0 Å². The van der Waals surface area contributed by atoms with Crippen LogP contribution in [0.25, 0.3) is 0 Å². The van der Waals surface area contributed by atoms with E-state index in [-0.39, 0.29) is 17.1 Å². The number of hydrogen-bond donors (Lipinski definition) is 0. The van der Waals surface area contributed by atoms with E-state index < -0.39 is 13.0 Å². The van der Waals surface area contributed by atoms with Gasteiger partial charge in [0.05, 0.1) is 0 Å². The molecule has 0 spiro atoms. The van der Waals surface area contributed by atoms with Gasteiger partial charge in [0.1, 0.15) is 0 Å². The minimum atomic E-state index is -1.75. The molecule has 0 aliphatic heterocycles. The second-order valence-corrected chi connectivity index (χ2v) is 8.07. The van der Waals surface area contributed by atoms with E-state index in [0.717, 1.165) is 0 Å². The molecule has 37 valence electrons. The van der Waals surface area contributed by atoms with E-state index in [9.17, 15) is 0 Å². The molecule has 0 bridgehead atoms. The fourth-order valence-corrected chi connectivity index (χ4v) is 0. The van der Waals surface area contributed by atoms with Crippen molar-refractivity contribution in [3.63, 3.8) is 0 Å². The predicted octanol–water partition coefficient (Wildman–Crippen LogP) is 2.06.